The molecule has 0 saturated carbocycles. The van der Waals surface area contributed by atoms with Crippen molar-refractivity contribution in [3.05, 3.63) is 12.2 Å². The highest BCUT2D eigenvalue weighted by atomic mass is 79.9. The zero-order chi connectivity index (χ0) is 20.4. The van der Waals surface area contributed by atoms with Crippen molar-refractivity contribution in [1.29, 1.82) is 0 Å². The van der Waals surface area contributed by atoms with Gasteiger partial charge in [-0.2, -0.15) is 0 Å². The molecular weight excluding hydrogens is 412 g/mol. The van der Waals surface area contributed by atoms with Gasteiger partial charge in [-0.25, -0.2) is 0 Å². The molecule has 162 valence electrons. The number of hydrogen-bond acceptors (Lipinski definition) is 1. The molecule has 1 nitrogen and oxygen atoms in total. The normalized spacial score (nSPS) is 13.0. The first-order valence-corrected chi connectivity index (χ1v) is 15.7. The summed E-state index contributed by atoms with van der Waals surface area (Å²) in [4.78, 5) is 0. The van der Waals surface area contributed by atoms with E-state index in [0.717, 1.165) is 6.61 Å². The summed E-state index contributed by atoms with van der Waals surface area (Å²) in [7, 11) is -1.52. The van der Waals surface area contributed by atoms with Crippen molar-refractivity contribution in [3.63, 3.8) is 0 Å². The lowest BCUT2D eigenvalue weighted by atomic mass is 10.1. The first kappa shape index (κ1) is 27.4. The topological polar surface area (TPSA) is 9.23 Å². The second-order valence-corrected chi connectivity index (χ2v) is 15.2. The molecule has 0 fully saturated rings. The summed E-state index contributed by atoms with van der Waals surface area (Å²) in [6.45, 7) is 12.6. The lowest BCUT2D eigenvalue weighted by molar-refractivity contribution is 0.277. The predicted octanol–water partition coefficient (Wildman–Crippen LogP) is 9.42. The number of allylic oxidation sites excluding steroid dienone is 2. The SMILES string of the molecule is CC(C)(C)[Si](C)(C)OCCCCCCCC/C=C\CCCCCCCCBr. The predicted molar refractivity (Wildman–Crippen MR) is 131 cm³/mol. The van der Waals surface area contributed by atoms with E-state index in [1.54, 1.807) is 0 Å². The number of hydrogen-bond donors (Lipinski definition) is 0. The Balaban J connectivity index is 3.29. The summed E-state index contributed by atoms with van der Waals surface area (Å²) in [5.41, 5.74) is 0. The van der Waals surface area contributed by atoms with Crippen molar-refractivity contribution in [2.75, 3.05) is 11.9 Å². The lowest BCUT2D eigenvalue weighted by Crippen LogP contribution is -2.40. The highest BCUT2D eigenvalue weighted by Crippen LogP contribution is 2.36. The summed E-state index contributed by atoms with van der Waals surface area (Å²) < 4.78 is 6.25. The Kier molecular flexibility index (Phi) is 17.5. The minimum Gasteiger partial charge on any atom is -0.417 e. The van der Waals surface area contributed by atoms with E-state index in [1.165, 1.54) is 95.2 Å². The third kappa shape index (κ3) is 17.0. The van der Waals surface area contributed by atoms with Crippen LogP contribution in [0.25, 0.3) is 0 Å². The van der Waals surface area contributed by atoms with Gasteiger partial charge in [0.05, 0.1) is 0 Å². The zero-order valence-corrected chi connectivity index (χ0v) is 21.8. The van der Waals surface area contributed by atoms with Crippen LogP contribution in [0.15, 0.2) is 12.2 Å². The second-order valence-electron chi connectivity index (χ2n) is 9.59. The number of alkyl halides is 1. The molecule has 0 bridgehead atoms. The van der Waals surface area contributed by atoms with Crippen LogP contribution >= 0.6 is 15.9 Å². The molecule has 0 aliphatic rings. The van der Waals surface area contributed by atoms with E-state index in [9.17, 15) is 0 Å². The van der Waals surface area contributed by atoms with Gasteiger partial charge in [-0.3, -0.25) is 0 Å². The van der Waals surface area contributed by atoms with E-state index in [1.807, 2.05) is 0 Å². The lowest BCUT2D eigenvalue weighted by Gasteiger charge is -2.36. The Bertz CT molecular complexity index is 347. The van der Waals surface area contributed by atoms with Crippen molar-refractivity contribution >= 4 is 24.2 Å². The molecule has 0 amide bonds. The molecule has 0 atom stereocenters. The summed E-state index contributed by atoms with van der Waals surface area (Å²) in [5.74, 6) is 0. The molecule has 0 aliphatic heterocycles. The van der Waals surface area contributed by atoms with Gasteiger partial charge in [0.25, 0.3) is 0 Å². The van der Waals surface area contributed by atoms with Crippen LogP contribution in [-0.4, -0.2) is 20.3 Å². The average Bonchev–Trinajstić information content (AvgIpc) is 2.59. The van der Waals surface area contributed by atoms with Crippen LogP contribution in [0.2, 0.25) is 18.1 Å². The zero-order valence-electron chi connectivity index (χ0n) is 19.3. The Morgan fingerprint density at radius 3 is 1.52 bits per heavy atom. The molecule has 0 N–H and O–H groups in total. The van der Waals surface area contributed by atoms with Crippen molar-refractivity contribution in [2.45, 2.75) is 129 Å². The van der Waals surface area contributed by atoms with Crippen molar-refractivity contribution in [1.82, 2.24) is 0 Å². The van der Waals surface area contributed by atoms with Gasteiger partial charge in [-0.05, 0) is 56.7 Å². The van der Waals surface area contributed by atoms with Gasteiger partial charge in [-0.1, -0.05) is 100 Å². The maximum Gasteiger partial charge on any atom is 0.191 e. The molecule has 0 heterocycles. The molecule has 0 spiro atoms. The van der Waals surface area contributed by atoms with Gasteiger partial charge in [-0.15, -0.1) is 0 Å². The average molecular weight is 462 g/mol. The monoisotopic (exact) mass is 460 g/mol. The Hall–Kier alpha value is 0.397. The van der Waals surface area contributed by atoms with E-state index < -0.39 is 8.32 Å². The van der Waals surface area contributed by atoms with Crippen LogP contribution in [0.5, 0.6) is 0 Å². The van der Waals surface area contributed by atoms with Crippen LogP contribution in [0.3, 0.4) is 0 Å². The summed E-state index contributed by atoms with van der Waals surface area (Å²) in [6.07, 6.45) is 23.8. The summed E-state index contributed by atoms with van der Waals surface area (Å²) in [5, 5.41) is 1.51. The smallest absolute Gasteiger partial charge is 0.191 e. The minimum atomic E-state index is -1.52. The number of unbranched alkanes of at least 4 members (excludes halogenated alkanes) is 12. The molecule has 0 rings (SSSR count). The van der Waals surface area contributed by atoms with Crippen LogP contribution < -0.4 is 0 Å². The summed E-state index contributed by atoms with van der Waals surface area (Å²) >= 11 is 3.50. The van der Waals surface area contributed by atoms with Crippen molar-refractivity contribution < 1.29 is 4.43 Å². The fraction of sp³-hybridized carbons (Fsp3) is 0.917. The highest BCUT2D eigenvalue weighted by Gasteiger charge is 2.36. The third-order valence-electron chi connectivity index (χ3n) is 5.96. The Labute approximate surface area is 181 Å². The van der Waals surface area contributed by atoms with Crippen LogP contribution in [-0.2, 0) is 4.43 Å². The Morgan fingerprint density at radius 2 is 1.07 bits per heavy atom. The first-order valence-electron chi connectivity index (χ1n) is 11.7. The van der Waals surface area contributed by atoms with Gasteiger partial charge in [0.1, 0.15) is 0 Å². The molecule has 0 saturated heterocycles. The quantitative estimate of drug-likeness (QED) is 0.0855. The largest absolute Gasteiger partial charge is 0.417 e. The van der Waals surface area contributed by atoms with Crippen LogP contribution in [0, 0.1) is 0 Å². The number of rotatable bonds is 18. The van der Waals surface area contributed by atoms with Gasteiger partial charge >= 0.3 is 0 Å². The van der Waals surface area contributed by atoms with E-state index >= 15 is 0 Å². The molecular formula is C24H49BrOSi. The molecule has 0 aliphatic carbocycles. The van der Waals surface area contributed by atoms with Crippen LogP contribution in [0.4, 0.5) is 0 Å². The van der Waals surface area contributed by atoms with E-state index in [2.05, 4.69) is 61.9 Å². The number of halogens is 1. The standard InChI is InChI=1S/C24H49BrOSi/c1-24(2,3)27(4,5)26-23-21-19-17-15-13-11-9-7-6-8-10-12-14-16-18-20-22-25/h6-7H,8-23H2,1-5H3/b7-6-. The molecule has 0 aromatic heterocycles. The molecule has 0 radical (unpaired) electrons. The minimum absolute atomic E-state index is 0.341. The van der Waals surface area contributed by atoms with E-state index in [0.29, 0.717) is 5.04 Å². The second kappa shape index (κ2) is 17.3. The van der Waals surface area contributed by atoms with Crippen molar-refractivity contribution in [3.8, 4) is 0 Å². The molecule has 0 aromatic carbocycles. The first-order chi connectivity index (χ1) is 12.8. The van der Waals surface area contributed by atoms with E-state index in [-0.39, 0.29) is 0 Å². The molecule has 27 heavy (non-hydrogen) atoms. The Morgan fingerprint density at radius 1 is 0.667 bits per heavy atom. The van der Waals surface area contributed by atoms with Gasteiger partial charge in [0.15, 0.2) is 8.32 Å². The molecule has 3 heteroatoms. The maximum absolute atomic E-state index is 6.25. The fourth-order valence-corrected chi connectivity index (χ4v) is 4.40. The fourth-order valence-electron chi connectivity index (χ4n) is 2.91. The molecule has 0 aromatic rings. The maximum atomic E-state index is 6.25. The molecule has 0 unspecified atom stereocenters. The van der Waals surface area contributed by atoms with Crippen LogP contribution in [0.1, 0.15) is 111 Å². The van der Waals surface area contributed by atoms with Gasteiger partial charge in [0.2, 0.25) is 0 Å². The summed E-state index contributed by atoms with van der Waals surface area (Å²) in [6, 6.07) is 0. The van der Waals surface area contributed by atoms with Gasteiger partial charge in [0, 0.05) is 11.9 Å². The highest BCUT2D eigenvalue weighted by molar-refractivity contribution is 9.09. The third-order valence-corrected chi connectivity index (χ3v) is 11.1. The van der Waals surface area contributed by atoms with E-state index in [4.69, 9.17) is 4.43 Å². The van der Waals surface area contributed by atoms with Crippen molar-refractivity contribution in [2.24, 2.45) is 0 Å². The van der Waals surface area contributed by atoms with Gasteiger partial charge < -0.3 is 4.43 Å².